The summed E-state index contributed by atoms with van der Waals surface area (Å²) in [7, 11) is -0.763. The van der Waals surface area contributed by atoms with E-state index < -0.39 is 16.6 Å². The van der Waals surface area contributed by atoms with Crippen LogP contribution >= 0.6 is 0 Å². The van der Waals surface area contributed by atoms with Crippen molar-refractivity contribution < 1.29 is 13.3 Å². The minimum atomic E-state index is -0.763. The minimum Gasteiger partial charge on any atom is -0.489 e. The summed E-state index contributed by atoms with van der Waals surface area (Å²) in [6, 6.07) is 14.5. The molecule has 0 bridgehead atoms. The first-order chi connectivity index (χ1) is 19.4. The summed E-state index contributed by atoms with van der Waals surface area (Å²) < 4.78 is 34.7. The van der Waals surface area contributed by atoms with Gasteiger partial charge < -0.3 is 20.3 Å². The predicted octanol–water partition coefficient (Wildman–Crippen LogP) is 4.71. The van der Waals surface area contributed by atoms with Gasteiger partial charge in [-0.3, -0.25) is 4.21 Å². The first kappa shape index (κ1) is 28.1. The number of nitriles is 1. The first-order valence-corrected chi connectivity index (χ1v) is 15.6. The molecule has 2 aromatic carbocycles. The molecule has 3 heterocycles. The smallest absolute Gasteiger partial charge is 0.149 e. The summed E-state index contributed by atoms with van der Waals surface area (Å²) >= 11 is 0. The highest BCUT2D eigenvalue weighted by atomic mass is 32.2. The molecule has 0 spiro atoms. The molecule has 212 valence electrons. The molecular formula is C30H37FN6O2S. The average Bonchev–Trinajstić information content (AvgIpc) is 3.19. The maximum absolute atomic E-state index is 14.7. The lowest BCUT2D eigenvalue weighted by atomic mass is 10.0. The van der Waals surface area contributed by atoms with E-state index in [1.54, 1.807) is 10.7 Å². The van der Waals surface area contributed by atoms with Crippen molar-refractivity contribution >= 4 is 22.3 Å². The van der Waals surface area contributed by atoms with Gasteiger partial charge in [-0.2, -0.15) is 5.26 Å². The van der Waals surface area contributed by atoms with E-state index in [1.165, 1.54) is 12.1 Å². The molecule has 10 heteroatoms. The van der Waals surface area contributed by atoms with E-state index in [0.29, 0.717) is 40.2 Å². The van der Waals surface area contributed by atoms with Gasteiger partial charge in [-0.1, -0.05) is 6.07 Å². The first-order valence-electron chi connectivity index (χ1n) is 14.1. The Morgan fingerprint density at radius 2 is 2.00 bits per heavy atom. The molecule has 0 radical (unpaired) electrons. The number of benzene rings is 2. The van der Waals surface area contributed by atoms with E-state index in [-0.39, 0.29) is 11.7 Å². The van der Waals surface area contributed by atoms with E-state index in [2.05, 4.69) is 15.5 Å². The Morgan fingerprint density at radius 1 is 1.18 bits per heavy atom. The van der Waals surface area contributed by atoms with E-state index in [1.807, 2.05) is 44.2 Å². The molecule has 5 rings (SSSR count). The molecule has 2 fully saturated rings. The zero-order valence-electron chi connectivity index (χ0n) is 23.2. The Hall–Kier alpha value is -3.42. The zero-order valence-corrected chi connectivity index (χ0v) is 24.0. The van der Waals surface area contributed by atoms with Crippen molar-refractivity contribution in [3.05, 3.63) is 53.8 Å². The third kappa shape index (κ3) is 6.65. The fourth-order valence-corrected chi connectivity index (χ4v) is 6.34. The van der Waals surface area contributed by atoms with Crippen molar-refractivity contribution in [2.45, 2.75) is 39.2 Å². The van der Waals surface area contributed by atoms with Crippen LogP contribution in [0.2, 0.25) is 0 Å². The second-order valence-electron chi connectivity index (χ2n) is 10.7. The van der Waals surface area contributed by atoms with Gasteiger partial charge in [0.1, 0.15) is 29.1 Å². The van der Waals surface area contributed by atoms with Crippen LogP contribution in [-0.4, -0.2) is 64.3 Å². The molecule has 0 saturated carbocycles. The minimum absolute atomic E-state index is 0.00535. The van der Waals surface area contributed by atoms with Crippen LogP contribution in [-0.2, 0) is 10.8 Å². The summed E-state index contributed by atoms with van der Waals surface area (Å²) in [5.41, 5.74) is 3.07. The molecule has 3 aromatic rings. The molecule has 1 aromatic heterocycles. The van der Waals surface area contributed by atoms with Gasteiger partial charge in [0.2, 0.25) is 0 Å². The third-order valence-electron chi connectivity index (χ3n) is 7.44. The highest BCUT2D eigenvalue weighted by Crippen LogP contribution is 2.35. The summed E-state index contributed by atoms with van der Waals surface area (Å²) in [5.74, 6) is 2.66. The molecule has 2 aliphatic rings. The number of halogens is 1. The van der Waals surface area contributed by atoms with Crippen molar-refractivity contribution in [2.24, 2.45) is 5.92 Å². The van der Waals surface area contributed by atoms with E-state index in [4.69, 9.17) is 9.84 Å². The van der Waals surface area contributed by atoms with Crippen molar-refractivity contribution in [3.8, 4) is 28.8 Å². The van der Waals surface area contributed by atoms with Gasteiger partial charge in [0.25, 0.3) is 0 Å². The fourth-order valence-electron chi connectivity index (χ4n) is 5.29. The topological polar surface area (TPSA) is 95.2 Å². The standard InChI is InChI=1S/C30H37FN6O2S/c1-21(2)39-29-17-25(36-12-14-40(38)15-13-36)7-8-27(29)37-28(23-5-6-24(19-32)26(31)16-23)18-30(35-37)34-20-22-4-3-10-33-11-9-22/h5-8,16-18,21-22,33H,3-4,9-15,20H2,1-2H3,(H,34,35). The Labute approximate surface area is 238 Å². The predicted molar refractivity (Wildman–Crippen MR) is 158 cm³/mol. The largest absolute Gasteiger partial charge is 0.489 e. The Kier molecular flexibility index (Phi) is 9.02. The molecule has 1 unspecified atom stereocenters. The fraction of sp³-hybridized carbons (Fsp3) is 0.467. The lowest BCUT2D eigenvalue weighted by Gasteiger charge is -2.29. The summed E-state index contributed by atoms with van der Waals surface area (Å²) in [6.07, 6.45) is 3.35. The van der Waals surface area contributed by atoms with Gasteiger partial charge >= 0.3 is 0 Å². The molecular weight excluding hydrogens is 527 g/mol. The number of hydrogen-bond donors (Lipinski definition) is 2. The molecule has 2 N–H and O–H groups in total. The molecule has 40 heavy (non-hydrogen) atoms. The number of nitrogens with zero attached hydrogens (tertiary/aromatic N) is 4. The van der Waals surface area contributed by atoms with Gasteiger partial charge in [-0.15, -0.1) is 5.10 Å². The summed E-state index contributed by atoms with van der Waals surface area (Å²) in [5, 5.41) is 21.1. The number of ether oxygens (including phenoxy) is 1. The maximum atomic E-state index is 14.7. The van der Waals surface area contributed by atoms with Crippen molar-refractivity contribution in [1.82, 2.24) is 15.1 Å². The monoisotopic (exact) mass is 564 g/mol. The SMILES string of the molecule is CC(C)Oc1cc(N2CCS(=O)CC2)ccc1-n1nc(NCC2CCCNCC2)cc1-c1ccc(C#N)c(F)c1. The van der Waals surface area contributed by atoms with Crippen LogP contribution in [0.1, 0.15) is 38.7 Å². The zero-order chi connectivity index (χ0) is 28.1. The van der Waals surface area contributed by atoms with Gasteiger partial charge in [-0.05, 0) is 76.4 Å². The molecule has 1 atom stereocenters. The normalized spacial score (nSPS) is 18.4. The van der Waals surface area contributed by atoms with Gasteiger partial charge in [-0.25, -0.2) is 9.07 Å². The Balaban J connectivity index is 1.53. The number of rotatable bonds is 8. The van der Waals surface area contributed by atoms with E-state index >= 15 is 0 Å². The van der Waals surface area contributed by atoms with Gasteiger partial charge in [0, 0.05) is 65.3 Å². The second-order valence-corrected chi connectivity index (χ2v) is 12.4. The number of nitrogens with one attached hydrogen (secondary N) is 2. The van der Waals surface area contributed by atoms with Crippen LogP contribution in [0.15, 0.2) is 42.5 Å². The Bertz CT molecular complexity index is 1380. The summed E-state index contributed by atoms with van der Waals surface area (Å²) in [6.45, 7) is 8.31. The quantitative estimate of drug-likeness (QED) is 0.409. The van der Waals surface area contributed by atoms with Gasteiger partial charge in [0.15, 0.2) is 0 Å². The van der Waals surface area contributed by atoms with Crippen molar-refractivity contribution in [3.63, 3.8) is 0 Å². The van der Waals surface area contributed by atoms with Crippen LogP contribution in [0.25, 0.3) is 16.9 Å². The average molecular weight is 565 g/mol. The van der Waals surface area contributed by atoms with Crippen LogP contribution < -0.4 is 20.3 Å². The molecule has 2 aliphatic heterocycles. The molecule has 8 nitrogen and oxygen atoms in total. The number of aromatic nitrogens is 2. The Morgan fingerprint density at radius 3 is 2.75 bits per heavy atom. The number of hydrogen-bond acceptors (Lipinski definition) is 7. The lowest BCUT2D eigenvalue weighted by molar-refractivity contribution is 0.241. The molecule has 2 saturated heterocycles. The second kappa shape index (κ2) is 12.8. The molecule has 0 amide bonds. The highest BCUT2D eigenvalue weighted by molar-refractivity contribution is 7.85. The maximum Gasteiger partial charge on any atom is 0.149 e. The van der Waals surface area contributed by atoms with Crippen LogP contribution in [0, 0.1) is 23.1 Å². The lowest BCUT2D eigenvalue weighted by Crippen LogP contribution is -2.37. The van der Waals surface area contributed by atoms with Crippen LogP contribution in [0.4, 0.5) is 15.9 Å². The van der Waals surface area contributed by atoms with E-state index in [0.717, 1.165) is 63.4 Å². The van der Waals surface area contributed by atoms with Crippen molar-refractivity contribution in [2.75, 3.05) is 54.4 Å². The highest BCUT2D eigenvalue weighted by Gasteiger charge is 2.21. The van der Waals surface area contributed by atoms with E-state index in [9.17, 15) is 13.9 Å². The number of anilines is 2. The third-order valence-corrected chi connectivity index (χ3v) is 8.71. The van der Waals surface area contributed by atoms with Crippen LogP contribution in [0.3, 0.4) is 0 Å². The van der Waals surface area contributed by atoms with Gasteiger partial charge in [0.05, 0.1) is 17.4 Å². The molecule has 0 aliphatic carbocycles. The van der Waals surface area contributed by atoms with Crippen LogP contribution in [0.5, 0.6) is 5.75 Å². The summed E-state index contributed by atoms with van der Waals surface area (Å²) in [4.78, 5) is 2.23. The van der Waals surface area contributed by atoms with Crippen molar-refractivity contribution in [1.29, 1.82) is 5.26 Å².